The standard InChI is InChI=1S/C21H19ClN2O3S/c1-2-15-7-3-5-9-19(15)23-21(25)16-11-13-17(14-12-16)28(26,27)24-20-10-6-4-8-18(20)22/h3-14,24H,2H2,1H3,(H,23,25). The Balaban J connectivity index is 1.77. The van der Waals surface area contributed by atoms with Gasteiger partial charge in [-0.25, -0.2) is 8.42 Å². The van der Waals surface area contributed by atoms with Crippen LogP contribution in [0.5, 0.6) is 0 Å². The maximum absolute atomic E-state index is 12.5. The molecule has 0 aliphatic heterocycles. The summed E-state index contributed by atoms with van der Waals surface area (Å²) in [7, 11) is -3.81. The van der Waals surface area contributed by atoms with E-state index in [0.717, 1.165) is 17.7 Å². The van der Waals surface area contributed by atoms with E-state index in [2.05, 4.69) is 10.0 Å². The lowest BCUT2D eigenvalue weighted by Gasteiger charge is -2.11. The van der Waals surface area contributed by atoms with Crippen molar-refractivity contribution in [1.29, 1.82) is 0 Å². The molecule has 5 nitrogen and oxygen atoms in total. The first-order valence-corrected chi connectivity index (χ1v) is 10.5. The largest absolute Gasteiger partial charge is 0.322 e. The second-order valence-corrected chi connectivity index (χ2v) is 8.16. The summed E-state index contributed by atoms with van der Waals surface area (Å²) in [6, 6.07) is 19.9. The molecule has 0 unspecified atom stereocenters. The molecule has 0 atom stereocenters. The molecule has 0 heterocycles. The molecule has 0 fully saturated rings. The van der Waals surface area contributed by atoms with E-state index in [-0.39, 0.29) is 10.8 Å². The fourth-order valence-corrected chi connectivity index (χ4v) is 4.00. The van der Waals surface area contributed by atoms with E-state index in [9.17, 15) is 13.2 Å². The van der Waals surface area contributed by atoms with Crippen molar-refractivity contribution < 1.29 is 13.2 Å². The molecule has 1 amide bonds. The molecular formula is C21H19ClN2O3S. The molecule has 3 aromatic carbocycles. The lowest BCUT2D eigenvalue weighted by atomic mass is 10.1. The number of anilines is 2. The van der Waals surface area contributed by atoms with Crippen LogP contribution in [-0.2, 0) is 16.4 Å². The molecule has 0 spiro atoms. The summed E-state index contributed by atoms with van der Waals surface area (Å²) < 4.78 is 27.5. The maximum Gasteiger partial charge on any atom is 0.261 e. The number of carbonyl (C=O) groups is 1. The number of halogens is 1. The summed E-state index contributed by atoms with van der Waals surface area (Å²) in [5.74, 6) is -0.302. The van der Waals surface area contributed by atoms with Crippen molar-refractivity contribution in [3.8, 4) is 0 Å². The van der Waals surface area contributed by atoms with Crippen molar-refractivity contribution in [2.24, 2.45) is 0 Å². The van der Waals surface area contributed by atoms with Gasteiger partial charge in [0.1, 0.15) is 0 Å². The van der Waals surface area contributed by atoms with Gasteiger partial charge in [0, 0.05) is 11.3 Å². The van der Waals surface area contributed by atoms with E-state index in [0.29, 0.717) is 16.3 Å². The highest BCUT2D eigenvalue weighted by atomic mass is 35.5. The first kappa shape index (κ1) is 19.9. The first-order valence-electron chi connectivity index (χ1n) is 8.67. The number of carbonyl (C=O) groups excluding carboxylic acids is 1. The van der Waals surface area contributed by atoms with E-state index in [1.807, 2.05) is 31.2 Å². The normalized spacial score (nSPS) is 11.1. The van der Waals surface area contributed by atoms with Gasteiger partial charge in [-0.05, 0) is 54.4 Å². The van der Waals surface area contributed by atoms with Gasteiger partial charge in [0.15, 0.2) is 0 Å². The minimum atomic E-state index is -3.81. The van der Waals surface area contributed by atoms with Crippen molar-refractivity contribution in [2.45, 2.75) is 18.2 Å². The van der Waals surface area contributed by atoms with Gasteiger partial charge in [-0.1, -0.05) is 48.9 Å². The fourth-order valence-electron chi connectivity index (χ4n) is 2.68. The summed E-state index contributed by atoms with van der Waals surface area (Å²) in [6.45, 7) is 2.01. The van der Waals surface area contributed by atoms with Gasteiger partial charge in [0.25, 0.3) is 15.9 Å². The Hall–Kier alpha value is -2.83. The van der Waals surface area contributed by atoms with E-state index < -0.39 is 10.0 Å². The third kappa shape index (κ3) is 4.52. The predicted octanol–water partition coefficient (Wildman–Crippen LogP) is 4.96. The van der Waals surface area contributed by atoms with Crippen LogP contribution in [-0.4, -0.2) is 14.3 Å². The Kier molecular flexibility index (Phi) is 6.02. The third-order valence-electron chi connectivity index (χ3n) is 4.19. The van der Waals surface area contributed by atoms with Crippen LogP contribution in [0.1, 0.15) is 22.8 Å². The topological polar surface area (TPSA) is 75.3 Å². The molecule has 28 heavy (non-hydrogen) atoms. The molecule has 144 valence electrons. The van der Waals surface area contributed by atoms with Crippen molar-refractivity contribution in [3.63, 3.8) is 0 Å². The Bertz CT molecular complexity index is 1100. The van der Waals surface area contributed by atoms with Gasteiger partial charge in [-0.15, -0.1) is 0 Å². The number of para-hydroxylation sites is 2. The first-order chi connectivity index (χ1) is 13.4. The molecule has 7 heteroatoms. The number of sulfonamides is 1. The number of hydrogen-bond donors (Lipinski definition) is 2. The lowest BCUT2D eigenvalue weighted by molar-refractivity contribution is 0.102. The summed E-state index contributed by atoms with van der Waals surface area (Å²) in [6.07, 6.45) is 0.793. The number of benzene rings is 3. The zero-order chi connectivity index (χ0) is 20.1. The third-order valence-corrected chi connectivity index (χ3v) is 5.90. The zero-order valence-corrected chi connectivity index (χ0v) is 16.7. The quantitative estimate of drug-likeness (QED) is 0.598. The van der Waals surface area contributed by atoms with Crippen LogP contribution in [0.4, 0.5) is 11.4 Å². The molecule has 0 aromatic heterocycles. The molecular weight excluding hydrogens is 396 g/mol. The summed E-state index contributed by atoms with van der Waals surface area (Å²) in [5.41, 5.74) is 2.43. The van der Waals surface area contributed by atoms with E-state index >= 15 is 0 Å². The maximum atomic E-state index is 12.5. The van der Waals surface area contributed by atoms with Crippen LogP contribution < -0.4 is 10.0 Å². The minimum Gasteiger partial charge on any atom is -0.322 e. The van der Waals surface area contributed by atoms with Gasteiger partial charge in [0.05, 0.1) is 15.6 Å². The average Bonchev–Trinajstić information content (AvgIpc) is 2.70. The highest BCUT2D eigenvalue weighted by Gasteiger charge is 2.17. The summed E-state index contributed by atoms with van der Waals surface area (Å²) >= 11 is 6.01. The van der Waals surface area contributed by atoms with Crippen molar-refractivity contribution in [1.82, 2.24) is 0 Å². The number of nitrogens with one attached hydrogen (secondary N) is 2. The van der Waals surface area contributed by atoms with Crippen LogP contribution >= 0.6 is 11.6 Å². The molecule has 2 N–H and O–H groups in total. The second-order valence-electron chi connectivity index (χ2n) is 6.07. The molecule has 0 saturated heterocycles. The molecule has 0 bridgehead atoms. The predicted molar refractivity (Wildman–Crippen MR) is 112 cm³/mol. The van der Waals surface area contributed by atoms with Crippen LogP contribution in [0.3, 0.4) is 0 Å². The molecule has 0 aliphatic carbocycles. The Morgan fingerprint density at radius 1 is 0.893 bits per heavy atom. The lowest BCUT2D eigenvalue weighted by Crippen LogP contribution is -2.15. The Morgan fingerprint density at radius 3 is 2.14 bits per heavy atom. The Labute approximate surface area is 169 Å². The van der Waals surface area contributed by atoms with Gasteiger partial charge in [0.2, 0.25) is 0 Å². The van der Waals surface area contributed by atoms with E-state index in [1.165, 1.54) is 24.3 Å². The zero-order valence-electron chi connectivity index (χ0n) is 15.1. The molecule has 3 aromatic rings. The molecule has 0 aliphatic rings. The van der Waals surface area contributed by atoms with Crippen LogP contribution in [0.2, 0.25) is 5.02 Å². The van der Waals surface area contributed by atoms with E-state index in [4.69, 9.17) is 11.6 Å². The molecule has 3 rings (SSSR count). The number of hydrogen-bond acceptors (Lipinski definition) is 3. The van der Waals surface area contributed by atoms with E-state index in [1.54, 1.807) is 24.3 Å². The minimum absolute atomic E-state index is 0.0397. The number of amides is 1. The highest BCUT2D eigenvalue weighted by molar-refractivity contribution is 7.92. The van der Waals surface area contributed by atoms with Gasteiger partial charge in [-0.3, -0.25) is 9.52 Å². The van der Waals surface area contributed by atoms with Gasteiger partial charge < -0.3 is 5.32 Å². The van der Waals surface area contributed by atoms with Crippen molar-refractivity contribution in [3.05, 3.63) is 88.9 Å². The van der Waals surface area contributed by atoms with Crippen molar-refractivity contribution >= 4 is 38.9 Å². The molecule has 0 radical (unpaired) electrons. The summed E-state index contributed by atoms with van der Waals surface area (Å²) in [5, 5.41) is 3.16. The van der Waals surface area contributed by atoms with Crippen molar-refractivity contribution in [2.75, 3.05) is 10.0 Å². The smallest absolute Gasteiger partial charge is 0.261 e. The van der Waals surface area contributed by atoms with Gasteiger partial charge in [-0.2, -0.15) is 0 Å². The average molecular weight is 415 g/mol. The highest BCUT2D eigenvalue weighted by Crippen LogP contribution is 2.24. The fraction of sp³-hybridized carbons (Fsp3) is 0.0952. The number of rotatable bonds is 6. The Morgan fingerprint density at radius 2 is 1.50 bits per heavy atom. The molecule has 0 saturated carbocycles. The van der Waals surface area contributed by atoms with Crippen LogP contribution in [0.15, 0.2) is 77.7 Å². The second kappa shape index (κ2) is 8.46. The SMILES string of the molecule is CCc1ccccc1NC(=O)c1ccc(S(=O)(=O)Nc2ccccc2Cl)cc1. The van der Waals surface area contributed by atoms with Crippen LogP contribution in [0, 0.1) is 0 Å². The monoisotopic (exact) mass is 414 g/mol. The summed E-state index contributed by atoms with van der Waals surface area (Å²) in [4.78, 5) is 12.5. The van der Waals surface area contributed by atoms with Crippen LogP contribution in [0.25, 0.3) is 0 Å². The van der Waals surface area contributed by atoms with Gasteiger partial charge >= 0.3 is 0 Å². The number of aryl methyl sites for hydroxylation is 1.